The summed E-state index contributed by atoms with van der Waals surface area (Å²) in [5.74, 6) is 1.04. The van der Waals surface area contributed by atoms with Gasteiger partial charge in [0.25, 0.3) is 0 Å². The summed E-state index contributed by atoms with van der Waals surface area (Å²) in [5.41, 5.74) is 1.31. The SMILES string of the molecule is CC[N+]1(C)COc2ccccc21. The Hall–Kier alpha value is -1.02. The molecule has 2 heteroatoms. The molecule has 1 aromatic carbocycles. The smallest absolute Gasteiger partial charge is 0.228 e. The molecule has 0 amide bonds. The third-order valence-corrected chi connectivity index (χ3v) is 2.65. The number of hydrogen-bond acceptors (Lipinski definition) is 1. The Labute approximate surface area is 73.0 Å². The van der Waals surface area contributed by atoms with Gasteiger partial charge in [0, 0.05) is 6.07 Å². The second kappa shape index (κ2) is 2.49. The first kappa shape index (κ1) is 7.62. The van der Waals surface area contributed by atoms with Crippen molar-refractivity contribution in [3.8, 4) is 5.75 Å². The topological polar surface area (TPSA) is 9.23 Å². The predicted molar refractivity (Wildman–Crippen MR) is 50.2 cm³/mol. The predicted octanol–water partition coefficient (Wildman–Crippen LogP) is 1.99. The number of hydrogen-bond donors (Lipinski definition) is 0. The fourth-order valence-electron chi connectivity index (χ4n) is 1.57. The summed E-state index contributed by atoms with van der Waals surface area (Å²) in [6.45, 7) is 4.04. The maximum atomic E-state index is 5.58. The van der Waals surface area contributed by atoms with Crippen LogP contribution in [0, 0.1) is 0 Å². The van der Waals surface area contributed by atoms with Gasteiger partial charge in [-0.3, -0.25) is 4.48 Å². The minimum Gasteiger partial charge on any atom is -0.439 e. The molecule has 0 fully saturated rings. The van der Waals surface area contributed by atoms with E-state index in [1.165, 1.54) is 5.69 Å². The molecule has 0 aromatic heterocycles. The lowest BCUT2D eigenvalue weighted by Gasteiger charge is -2.24. The molecule has 1 heterocycles. The highest BCUT2D eigenvalue weighted by atomic mass is 16.5. The van der Waals surface area contributed by atoms with Crippen LogP contribution in [-0.4, -0.2) is 20.3 Å². The van der Waals surface area contributed by atoms with E-state index in [0.29, 0.717) is 0 Å². The zero-order valence-electron chi connectivity index (χ0n) is 7.58. The van der Waals surface area contributed by atoms with E-state index in [0.717, 1.165) is 23.5 Å². The number of quaternary nitrogens is 1. The number of ether oxygens (including phenoxy) is 1. The molecule has 1 aliphatic rings. The first-order valence-corrected chi connectivity index (χ1v) is 4.33. The second-order valence-electron chi connectivity index (χ2n) is 3.45. The molecule has 1 atom stereocenters. The van der Waals surface area contributed by atoms with Crippen LogP contribution >= 0.6 is 0 Å². The van der Waals surface area contributed by atoms with Crippen LogP contribution < -0.4 is 9.22 Å². The van der Waals surface area contributed by atoms with Crippen molar-refractivity contribution >= 4 is 5.69 Å². The molecular weight excluding hydrogens is 150 g/mol. The van der Waals surface area contributed by atoms with Gasteiger partial charge in [-0.2, -0.15) is 0 Å². The van der Waals surface area contributed by atoms with Crippen molar-refractivity contribution in [3.63, 3.8) is 0 Å². The van der Waals surface area contributed by atoms with Crippen LogP contribution in [0.25, 0.3) is 0 Å². The van der Waals surface area contributed by atoms with Gasteiger partial charge in [-0.1, -0.05) is 12.1 Å². The summed E-state index contributed by atoms with van der Waals surface area (Å²) in [6, 6.07) is 8.27. The van der Waals surface area contributed by atoms with Gasteiger partial charge in [0.2, 0.25) is 6.73 Å². The van der Waals surface area contributed by atoms with Crippen molar-refractivity contribution in [1.29, 1.82) is 0 Å². The molecule has 0 radical (unpaired) electrons. The lowest BCUT2D eigenvalue weighted by molar-refractivity contribution is 0.206. The minimum absolute atomic E-state index is 0.774. The average Bonchev–Trinajstić information content (AvgIpc) is 2.46. The second-order valence-corrected chi connectivity index (χ2v) is 3.45. The normalized spacial score (nSPS) is 26.5. The van der Waals surface area contributed by atoms with Gasteiger partial charge in [-0.25, -0.2) is 0 Å². The zero-order valence-corrected chi connectivity index (χ0v) is 7.58. The molecule has 0 bridgehead atoms. The third kappa shape index (κ3) is 0.916. The van der Waals surface area contributed by atoms with Crippen LogP contribution in [-0.2, 0) is 0 Å². The number of nitrogens with zero attached hydrogens (tertiary/aromatic N) is 1. The molecule has 2 rings (SSSR count). The van der Waals surface area contributed by atoms with Crippen molar-refractivity contribution in [1.82, 2.24) is 4.48 Å². The minimum atomic E-state index is 0.774. The highest BCUT2D eigenvalue weighted by Gasteiger charge is 2.33. The van der Waals surface area contributed by atoms with E-state index < -0.39 is 0 Å². The molecule has 1 aliphatic heterocycles. The quantitative estimate of drug-likeness (QED) is 0.577. The van der Waals surface area contributed by atoms with Crippen molar-refractivity contribution in [2.75, 3.05) is 20.3 Å². The summed E-state index contributed by atoms with van der Waals surface area (Å²) >= 11 is 0. The number of fused-ring (bicyclic) bond motifs is 1. The lowest BCUT2D eigenvalue weighted by atomic mass is 10.2. The Morgan fingerprint density at radius 2 is 2.17 bits per heavy atom. The molecule has 0 saturated carbocycles. The maximum absolute atomic E-state index is 5.58. The monoisotopic (exact) mass is 164 g/mol. The molecule has 2 nitrogen and oxygen atoms in total. The molecule has 12 heavy (non-hydrogen) atoms. The zero-order chi connectivity index (χ0) is 8.60. The molecule has 1 aromatic rings. The van der Waals surface area contributed by atoms with Crippen molar-refractivity contribution in [3.05, 3.63) is 24.3 Å². The van der Waals surface area contributed by atoms with E-state index in [4.69, 9.17) is 4.74 Å². The summed E-state index contributed by atoms with van der Waals surface area (Å²) in [6.07, 6.45) is 0. The maximum Gasteiger partial charge on any atom is 0.228 e. The van der Waals surface area contributed by atoms with Gasteiger partial charge < -0.3 is 4.74 Å². The Morgan fingerprint density at radius 1 is 1.42 bits per heavy atom. The molecular formula is C10H14NO+. The third-order valence-electron chi connectivity index (χ3n) is 2.65. The van der Waals surface area contributed by atoms with E-state index in [-0.39, 0.29) is 0 Å². The van der Waals surface area contributed by atoms with E-state index in [1.807, 2.05) is 12.1 Å². The van der Waals surface area contributed by atoms with Crippen molar-refractivity contribution in [2.24, 2.45) is 0 Å². The Bertz CT molecular complexity index is 298. The van der Waals surface area contributed by atoms with Gasteiger partial charge in [-0.05, 0) is 13.0 Å². The number of rotatable bonds is 1. The van der Waals surface area contributed by atoms with Gasteiger partial charge >= 0.3 is 0 Å². The standard InChI is InChI=1S/C10H14NO/c1-3-11(2)8-12-10-7-5-4-6-9(10)11/h4-7H,3,8H2,1-2H3/q+1. The first-order chi connectivity index (χ1) is 5.76. The van der Waals surface area contributed by atoms with Crippen molar-refractivity contribution < 1.29 is 4.74 Å². The Kier molecular flexibility index (Phi) is 1.58. The van der Waals surface area contributed by atoms with E-state index in [2.05, 4.69) is 26.1 Å². The van der Waals surface area contributed by atoms with E-state index in [9.17, 15) is 0 Å². The van der Waals surface area contributed by atoms with Crippen molar-refractivity contribution in [2.45, 2.75) is 6.92 Å². The average molecular weight is 164 g/mol. The van der Waals surface area contributed by atoms with Gasteiger partial charge in [0.15, 0.2) is 11.4 Å². The number of para-hydroxylation sites is 2. The Morgan fingerprint density at radius 3 is 2.92 bits per heavy atom. The van der Waals surface area contributed by atoms with Gasteiger partial charge in [-0.15, -0.1) is 0 Å². The molecule has 64 valence electrons. The molecule has 0 aliphatic carbocycles. The lowest BCUT2D eigenvalue weighted by Crippen LogP contribution is -2.43. The van der Waals surface area contributed by atoms with E-state index >= 15 is 0 Å². The molecule has 0 spiro atoms. The first-order valence-electron chi connectivity index (χ1n) is 4.33. The highest BCUT2D eigenvalue weighted by Crippen LogP contribution is 2.37. The highest BCUT2D eigenvalue weighted by molar-refractivity contribution is 5.57. The molecule has 0 saturated heterocycles. The summed E-state index contributed by atoms with van der Waals surface area (Å²) < 4.78 is 6.48. The molecule has 0 N–H and O–H groups in total. The van der Waals surface area contributed by atoms with Crippen LogP contribution in [0.5, 0.6) is 5.75 Å². The van der Waals surface area contributed by atoms with Crippen LogP contribution in [0.1, 0.15) is 6.92 Å². The van der Waals surface area contributed by atoms with Crippen LogP contribution in [0.3, 0.4) is 0 Å². The largest absolute Gasteiger partial charge is 0.439 e. The summed E-state index contributed by atoms with van der Waals surface area (Å²) in [7, 11) is 2.20. The summed E-state index contributed by atoms with van der Waals surface area (Å²) in [4.78, 5) is 0. The number of benzene rings is 1. The fourth-order valence-corrected chi connectivity index (χ4v) is 1.57. The van der Waals surface area contributed by atoms with Crippen LogP contribution in [0.2, 0.25) is 0 Å². The molecule has 1 unspecified atom stereocenters. The summed E-state index contributed by atoms with van der Waals surface area (Å²) in [5, 5.41) is 0. The van der Waals surface area contributed by atoms with Crippen LogP contribution in [0.4, 0.5) is 5.69 Å². The van der Waals surface area contributed by atoms with E-state index in [1.54, 1.807) is 0 Å². The fraction of sp³-hybridized carbons (Fsp3) is 0.400. The Balaban J connectivity index is 2.49. The van der Waals surface area contributed by atoms with Gasteiger partial charge in [0.1, 0.15) is 0 Å². The van der Waals surface area contributed by atoms with Crippen LogP contribution in [0.15, 0.2) is 24.3 Å². The van der Waals surface area contributed by atoms with Gasteiger partial charge in [0.05, 0.1) is 13.6 Å².